The van der Waals surface area contributed by atoms with Crippen molar-refractivity contribution in [2.24, 2.45) is 0 Å². The molecule has 0 unspecified atom stereocenters. The molecule has 0 amide bonds. The van der Waals surface area contributed by atoms with Crippen LogP contribution >= 0.6 is 22.9 Å². The van der Waals surface area contributed by atoms with Gasteiger partial charge in [0.15, 0.2) is 15.2 Å². The number of carbonyl (C=O) groups is 1. The predicted octanol–water partition coefficient (Wildman–Crippen LogP) is 1.92. The molecule has 2 heterocycles. The first-order valence-corrected chi connectivity index (χ1v) is 5.86. The van der Waals surface area contributed by atoms with E-state index in [0.29, 0.717) is 16.6 Å². The van der Waals surface area contributed by atoms with Crippen LogP contribution in [-0.4, -0.2) is 28.0 Å². The van der Waals surface area contributed by atoms with Crippen molar-refractivity contribution in [3.8, 4) is 0 Å². The van der Waals surface area contributed by atoms with Crippen molar-refractivity contribution < 1.29 is 9.53 Å². The number of carbonyl (C=O) groups excluding carboxylic acids is 1. The molecule has 2 aromatic rings. The van der Waals surface area contributed by atoms with Crippen molar-refractivity contribution >= 4 is 34.0 Å². The van der Waals surface area contributed by atoms with Crippen LogP contribution in [0.3, 0.4) is 0 Å². The number of aromatic nitrogens is 3. The summed E-state index contributed by atoms with van der Waals surface area (Å²) >= 11 is 6.97. The molecule has 0 aliphatic heterocycles. The molecule has 0 saturated heterocycles. The van der Waals surface area contributed by atoms with Gasteiger partial charge in [0.05, 0.1) is 25.7 Å². The van der Waals surface area contributed by atoms with E-state index in [1.165, 1.54) is 7.11 Å². The molecular weight excluding hydrogens is 264 g/mol. The van der Waals surface area contributed by atoms with Gasteiger partial charge < -0.3 is 15.0 Å². The van der Waals surface area contributed by atoms with Crippen molar-refractivity contribution in [3.63, 3.8) is 0 Å². The van der Waals surface area contributed by atoms with E-state index in [2.05, 4.69) is 25.0 Å². The number of nitrogens with one attached hydrogen (secondary N) is 2. The largest absolute Gasteiger partial charge is 0.465 e. The van der Waals surface area contributed by atoms with E-state index < -0.39 is 5.97 Å². The molecule has 2 N–H and O–H groups in total. The Hall–Kier alpha value is -1.60. The average molecular weight is 273 g/mol. The highest BCUT2D eigenvalue weighted by Gasteiger charge is 2.17. The molecule has 0 radical (unpaired) electrons. The van der Waals surface area contributed by atoms with Crippen LogP contribution in [-0.2, 0) is 11.3 Å². The maximum atomic E-state index is 11.3. The number of nitrogens with zero attached hydrogens (tertiary/aromatic N) is 2. The van der Waals surface area contributed by atoms with Crippen LogP contribution in [0.4, 0.5) is 5.13 Å². The lowest BCUT2D eigenvalue weighted by atomic mass is 10.5. The van der Waals surface area contributed by atoms with Crippen LogP contribution in [0.2, 0.25) is 5.15 Å². The Balaban J connectivity index is 2.05. The summed E-state index contributed by atoms with van der Waals surface area (Å²) in [6.45, 7) is 0.532. The standard InChI is InChI=1S/C9H9ClN4O2S/c1-16-8(15)6-7(10)14-9(17-6)12-3-5-2-11-4-13-5/h2,4H,3H2,1H3,(H,11,13)(H,12,14). The molecule has 17 heavy (non-hydrogen) atoms. The molecule has 0 spiro atoms. The second kappa shape index (κ2) is 5.15. The number of halogens is 1. The maximum absolute atomic E-state index is 11.3. The SMILES string of the molecule is COC(=O)c1sc(NCc2cnc[nH]2)nc1Cl. The van der Waals surface area contributed by atoms with E-state index in [1.54, 1.807) is 12.5 Å². The van der Waals surface area contributed by atoms with Gasteiger partial charge in [0, 0.05) is 6.20 Å². The number of H-pyrrole nitrogens is 1. The smallest absolute Gasteiger partial charge is 0.351 e. The van der Waals surface area contributed by atoms with Crippen LogP contribution in [0, 0.1) is 0 Å². The Labute approximate surface area is 106 Å². The number of hydrogen-bond donors (Lipinski definition) is 2. The number of methoxy groups -OCH3 is 1. The minimum Gasteiger partial charge on any atom is -0.465 e. The molecule has 2 rings (SSSR count). The Kier molecular flexibility index (Phi) is 3.60. The summed E-state index contributed by atoms with van der Waals surface area (Å²) < 4.78 is 4.58. The summed E-state index contributed by atoms with van der Waals surface area (Å²) in [5.74, 6) is -0.484. The van der Waals surface area contributed by atoms with Crippen LogP contribution < -0.4 is 5.32 Å². The highest BCUT2D eigenvalue weighted by atomic mass is 35.5. The summed E-state index contributed by atoms with van der Waals surface area (Å²) in [6.07, 6.45) is 3.29. The third-order valence-electron chi connectivity index (χ3n) is 1.94. The van der Waals surface area contributed by atoms with Gasteiger partial charge in [-0.15, -0.1) is 0 Å². The van der Waals surface area contributed by atoms with Crippen molar-refractivity contribution in [2.75, 3.05) is 12.4 Å². The van der Waals surface area contributed by atoms with E-state index in [9.17, 15) is 4.79 Å². The summed E-state index contributed by atoms with van der Waals surface area (Å²) in [7, 11) is 1.30. The Morgan fingerprint density at radius 3 is 3.18 bits per heavy atom. The zero-order chi connectivity index (χ0) is 12.3. The molecular formula is C9H9ClN4O2S. The van der Waals surface area contributed by atoms with Gasteiger partial charge in [-0.1, -0.05) is 22.9 Å². The number of aromatic amines is 1. The number of esters is 1. The molecule has 0 saturated carbocycles. The van der Waals surface area contributed by atoms with Gasteiger partial charge in [-0.05, 0) is 0 Å². The Morgan fingerprint density at radius 2 is 2.53 bits per heavy atom. The zero-order valence-electron chi connectivity index (χ0n) is 8.86. The summed E-state index contributed by atoms with van der Waals surface area (Å²) in [6, 6.07) is 0. The fourth-order valence-electron chi connectivity index (χ4n) is 1.15. The summed E-state index contributed by atoms with van der Waals surface area (Å²) in [4.78, 5) is 22.4. The predicted molar refractivity (Wildman–Crippen MR) is 64.4 cm³/mol. The molecule has 0 aliphatic rings. The maximum Gasteiger partial charge on any atom is 0.351 e. The molecule has 0 fully saturated rings. The fraction of sp³-hybridized carbons (Fsp3) is 0.222. The summed E-state index contributed by atoms with van der Waals surface area (Å²) in [5.41, 5.74) is 0.913. The van der Waals surface area contributed by atoms with E-state index >= 15 is 0 Å². The molecule has 0 bridgehead atoms. The zero-order valence-corrected chi connectivity index (χ0v) is 10.4. The third kappa shape index (κ3) is 2.75. The average Bonchev–Trinajstić information content (AvgIpc) is 2.94. The molecule has 2 aromatic heterocycles. The number of rotatable bonds is 4. The monoisotopic (exact) mass is 272 g/mol. The minimum atomic E-state index is -0.484. The number of ether oxygens (including phenoxy) is 1. The second-order valence-electron chi connectivity index (χ2n) is 3.06. The van der Waals surface area contributed by atoms with E-state index in [4.69, 9.17) is 11.6 Å². The normalized spacial score (nSPS) is 10.2. The van der Waals surface area contributed by atoms with Gasteiger partial charge in [-0.2, -0.15) is 0 Å². The highest BCUT2D eigenvalue weighted by Crippen LogP contribution is 2.27. The number of hydrogen-bond acceptors (Lipinski definition) is 6. The fourth-order valence-corrected chi connectivity index (χ4v) is 2.25. The van der Waals surface area contributed by atoms with Crippen molar-refractivity contribution in [3.05, 3.63) is 28.2 Å². The topological polar surface area (TPSA) is 79.9 Å². The lowest BCUT2D eigenvalue weighted by Gasteiger charge is -1.98. The van der Waals surface area contributed by atoms with Crippen LogP contribution in [0.1, 0.15) is 15.4 Å². The molecule has 0 atom stereocenters. The molecule has 0 aliphatic carbocycles. The van der Waals surface area contributed by atoms with E-state index in [-0.39, 0.29) is 5.15 Å². The van der Waals surface area contributed by atoms with E-state index in [0.717, 1.165) is 17.0 Å². The molecule has 8 heteroatoms. The van der Waals surface area contributed by atoms with Gasteiger partial charge in [0.25, 0.3) is 0 Å². The van der Waals surface area contributed by atoms with Crippen LogP contribution in [0.15, 0.2) is 12.5 Å². The van der Waals surface area contributed by atoms with Crippen molar-refractivity contribution in [1.82, 2.24) is 15.0 Å². The first-order chi connectivity index (χ1) is 8.20. The van der Waals surface area contributed by atoms with Gasteiger partial charge in [0.2, 0.25) is 0 Å². The van der Waals surface area contributed by atoms with Gasteiger partial charge in [0.1, 0.15) is 0 Å². The van der Waals surface area contributed by atoms with Crippen molar-refractivity contribution in [2.45, 2.75) is 6.54 Å². The Bertz CT molecular complexity index is 511. The lowest BCUT2D eigenvalue weighted by Crippen LogP contribution is -1.98. The molecule has 6 nitrogen and oxygen atoms in total. The van der Waals surface area contributed by atoms with Gasteiger partial charge >= 0.3 is 5.97 Å². The number of anilines is 1. The Morgan fingerprint density at radius 1 is 1.71 bits per heavy atom. The quantitative estimate of drug-likeness (QED) is 0.831. The first-order valence-electron chi connectivity index (χ1n) is 4.66. The summed E-state index contributed by atoms with van der Waals surface area (Å²) in [5, 5.41) is 3.74. The first kappa shape index (κ1) is 11.9. The highest BCUT2D eigenvalue weighted by molar-refractivity contribution is 7.18. The van der Waals surface area contributed by atoms with E-state index in [1.807, 2.05) is 0 Å². The minimum absolute atomic E-state index is 0.147. The van der Waals surface area contributed by atoms with Gasteiger partial charge in [-0.3, -0.25) is 0 Å². The van der Waals surface area contributed by atoms with Crippen molar-refractivity contribution in [1.29, 1.82) is 0 Å². The van der Waals surface area contributed by atoms with Crippen LogP contribution in [0.5, 0.6) is 0 Å². The number of imidazole rings is 1. The van der Waals surface area contributed by atoms with Crippen LogP contribution in [0.25, 0.3) is 0 Å². The third-order valence-corrected chi connectivity index (χ3v) is 3.32. The van der Waals surface area contributed by atoms with Gasteiger partial charge in [-0.25, -0.2) is 14.8 Å². The number of thiazole rings is 1. The lowest BCUT2D eigenvalue weighted by molar-refractivity contribution is 0.0606. The molecule has 90 valence electrons. The second-order valence-corrected chi connectivity index (χ2v) is 4.42. The molecule has 0 aromatic carbocycles.